The molecule has 24 heavy (non-hydrogen) atoms. The second kappa shape index (κ2) is 6.58. The van der Waals surface area contributed by atoms with Crippen LogP contribution < -0.4 is 10.9 Å². The van der Waals surface area contributed by atoms with Crippen molar-refractivity contribution < 1.29 is 4.79 Å². The molecule has 2 bridgehead atoms. The van der Waals surface area contributed by atoms with Crippen molar-refractivity contribution in [1.29, 1.82) is 0 Å². The zero-order chi connectivity index (χ0) is 17.3. The number of rotatable bonds is 6. The van der Waals surface area contributed by atoms with E-state index >= 15 is 0 Å². The summed E-state index contributed by atoms with van der Waals surface area (Å²) in [6.45, 7) is 7.78. The molecule has 0 aromatic carbocycles. The predicted octanol–water partition coefficient (Wildman–Crippen LogP) is 3.05. The third-order valence-electron chi connectivity index (χ3n) is 6.15. The molecule has 1 heterocycles. The van der Waals surface area contributed by atoms with E-state index in [2.05, 4.69) is 25.2 Å². The van der Waals surface area contributed by atoms with Crippen LogP contribution >= 0.6 is 0 Å². The summed E-state index contributed by atoms with van der Waals surface area (Å²) in [6.07, 6.45) is 6.22. The molecule has 1 N–H and O–H groups in total. The molecule has 130 valence electrons. The molecule has 1 amide bonds. The maximum atomic E-state index is 12.1. The number of aryl methyl sites for hydroxylation is 1. The van der Waals surface area contributed by atoms with Crippen molar-refractivity contribution in [3.63, 3.8) is 0 Å². The first-order chi connectivity index (χ1) is 11.4. The fraction of sp³-hybridized carbons (Fsp3) is 0.600. The summed E-state index contributed by atoms with van der Waals surface area (Å²) >= 11 is 0. The Bertz CT molecular complexity index is 715. The SMILES string of the molecule is Cc1cccc(=O)n1CCC(=O)NCCC1=CC[C@H]2C[C@@H]1C2(C)C. The van der Waals surface area contributed by atoms with Crippen molar-refractivity contribution in [1.82, 2.24) is 9.88 Å². The average molecular weight is 328 g/mol. The second-order valence-corrected chi connectivity index (χ2v) is 7.83. The number of pyridine rings is 1. The largest absolute Gasteiger partial charge is 0.356 e. The molecule has 2 atom stereocenters. The summed E-state index contributed by atoms with van der Waals surface area (Å²) in [6, 6.07) is 5.18. The van der Waals surface area contributed by atoms with Gasteiger partial charge in [-0.15, -0.1) is 0 Å². The lowest BCUT2D eigenvalue weighted by Gasteiger charge is -2.56. The Hall–Kier alpha value is -1.84. The van der Waals surface area contributed by atoms with Crippen LogP contribution in [0.25, 0.3) is 0 Å². The molecule has 3 aliphatic rings. The van der Waals surface area contributed by atoms with E-state index in [-0.39, 0.29) is 11.5 Å². The van der Waals surface area contributed by atoms with Gasteiger partial charge in [0, 0.05) is 31.3 Å². The Morgan fingerprint density at radius 1 is 1.38 bits per heavy atom. The van der Waals surface area contributed by atoms with E-state index in [4.69, 9.17) is 0 Å². The van der Waals surface area contributed by atoms with Crippen LogP contribution in [-0.4, -0.2) is 17.0 Å². The Balaban J connectivity index is 1.44. The topological polar surface area (TPSA) is 51.1 Å². The minimum atomic E-state index is -0.0445. The quantitative estimate of drug-likeness (QED) is 0.816. The van der Waals surface area contributed by atoms with E-state index in [1.54, 1.807) is 10.6 Å². The third kappa shape index (κ3) is 3.19. The van der Waals surface area contributed by atoms with Crippen LogP contribution in [0.2, 0.25) is 0 Å². The zero-order valence-electron chi connectivity index (χ0n) is 15.0. The molecule has 4 rings (SSSR count). The van der Waals surface area contributed by atoms with Gasteiger partial charge in [0.05, 0.1) is 0 Å². The van der Waals surface area contributed by atoms with Gasteiger partial charge in [0.25, 0.3) is 5.56 Å². The lowest BCUT2D eigenvalue weighted by molar-refractivity contribution is -0.121. The Morgan fingerprint density at radius 3 is 2.83 bits per heavy atom. The molecule has 1 aromatic heterocycles. The maximum absolute atomic E-state index is 12.1. The molecule has 0 unspecified atom stereocenters. The Morgan fingerprint density at radius 2 is 2.17 bits per heavy atom. The summed E-state index contributed by atoms with van der Waals surface area (Å²) in [7, 11) is 0. The predicted molar refractivity (Wildman–Crippen MR) is 95.8 cm³/mol. The highest BCUT2D eigenvalue weighted by Crippen LogP contribution is 2.59. The third-order valence-corrected chi connectivity index (χ3v) is 6.15. The Labute approximate surface area is 144 Å². The first kappa shape index (κ1) is 17.0. The standard InChI is InChI=1S/C20H28N2O2/c1-14-5-4-6-19(24)22(14)12-10-18(23)21-11-9-15-7-8-16-13-17(15)20(16,2)3/h4-7,16-17H,8-13H2,1-3H3,(H,21,23)/t16-,17-/m0/s1. The number of carbonyl (C=O) groups excluding carboxylic acids is 1. The van der Waals surface area contributed by atoms with Gasteiger partial charge in [0.2, 0.25) is 5.91 Å². The van der Waals surface area contributed by atoms with Crippen molar-refractivity contribution >= 4 is 5.91 Å². The molecule has 0 aliphatic heterocycles. The van der Waals surface area contributed by atoms with Gasteiger partial charge >= 0.3 is 0 Å². The molecule has 4 nitrogen and oxygen atoms in total. The molecule has 1 fully saturated rings. The van der Waals surface area contributed by atoms with Crippen LogP contribution in [0.15, 0.2) is 34.6 Å². The highest BCUT2D eigenvalue weighted by atomic mass is 16.1. The zero-order valence-corrected chi connectivity index (χ0v) is 15.0. The number of allylic oxidation sites excluding steroid dienone is 1. The van der Waals surface area contributed by atoms with Gasteiger partial charge < -0.3 is 9.88 Å². The highest BCUT2D eigenvalue weighted by molar-refractivity contribution is 5.75. The second-order valence-electron chi connectivity index (χ2n) is 7.83. The van der Waals surface area contributed by atoms with Crippen molar-refractivity contribution in [2.45, 2.75) is 53.0 Å². The number of nitrogens with zero attached hydrogens (tertiary/aromatic N) is 1. The molecule has 0 spiro atoms. The number of aromatic nitrogens is 1. The first-order valence-corrected chi connectivity index (χ1v) is 9.01. The molecular weight excluding hydrogens is 300 g/mol. The molecular formula is C20H28N2O2. The van der Waals surface area contributed by atoms with Crippen molar-refractivity contribution in [3.8, 4) is 0 Å². The van der Waals surface area contributed by atoms with Gasteiger partial charge in [-0.25, -0.2) is 0 Å². The van der Waals surface area contributed by atoms with E-state index in [0.29, 0.717) is 30.8 Å². The van der Waals surface area contributed by atoms with Gasteiger partial charge in [-0.1, -0.05) is 31.6 Å². The number of hydrogen-bond donors (Lipinski definition) is 1. The van der Waals surface area contributed by atoms with E-state index in [1.807, 2.05) is 13.0 Å². The van der Waals surface area contributed by atoms with E-state index in [9.17, 15) is 9.59 Å². The van der Waals surface area contributed by atoms with Gasteiger partial charge in [0.15, 0.2) is 0 Å². The van der Waals surface area contributed by atoms with Crippen LogP contribution in [0.1, 0.15) is 45.2 Å². The summed E-state index contributed by atoms with van der Waals surface area (Å²) < 4.78 is 1.65. The number of hydrogen-bond acceptors (Lipinski definition) is 2. The minimum absolute atomic E-state index is 0.0207. The number of carbonyl (C=O) groups is 1. The number of nitrogens with one attached hydrogen (secondary N) is 1. The van der Waals surface area contributed by atoms with Crippen molar-refractivity contribution in [3.05, 3.63) is 45.9 Å². The highest BCUT2D eigenvalue weighted by Gasteiger charge is 2.50. The van der Waals surface area contributed by atoms with Gasteiger partial charge in [0.1, 0.15) is 0 Å². The lowest BCUT2D eigenvalue weighted by Crippen LogP contribution is -2.48. The Kier molecular flexibility index (Phi) is 4.66. The van der Waals surface area contributed by atoms with Crippen molar-refractivity contribution in [2.75, 3.05) is 6.54 Å². The molecule has 0 radical (unpaired) electrons. The van der Waals surface area contributed by atoms with E-state index < -0.39 is 0 Å². The molecule has 4 heteroatoms. The summed E-state index contributed by atoms with van der Waals surface area (Å²) in [5, 5.41) is 3.01. The molecule has 3 aliphatic carbocycles. The maximum Gasteiger partial charge on any atom is 0.250 e. The number of amides is 1. The number of fused-ring (bicyclic) bond motifs is 1. The van der Waals surface area contributed by atoms with Crippen LogP contribution in [0.4, 0.5) is 0 Å². The van der Waals surface area contributed by atoms with Crippen LogP contribution in [-0.2, 0) is 11.3 Å². The van der Waals surface area contributed by atoms with Crippen molar-refractivity contribution in [2.24, 2.45) is 17.3 Å². The average Bonchev–Trinajstić information content (AvgIpc) is 2.54. The van der Waals surface area contributed by atoms with Gasteiger partial charge in [-0.05, 0) is 49.5 Å². The smallest absolute Gasteiger partial charge is 0.250 e. The first-order valence-electron chi connectivity index (χ1n) is 9.01. The van der Waals surface area contributed by atoms with Crippen LogP contribution in [0.5, 0.6) is 0 Å². The monoisotopic (exact) mass is 328 g/mol. The summed E-state index contributed by atoms with van der Waals surface area (Å²) in [5.41, 5.74) is 2.82. The fourth-order valence-corrected chi connectivity index (χ4v) is 4.32. The summed E-state index contributed by atoms with van der Waals surface area (Å²) in [5.74, 6) is 1.58. The van der Waals surface area contributed by atoms with E-state index in [1.165, 1.54) is 24.5 Å². The van der Waals surface area contributed by atoms with Gasteiger partial charge in [-0.3, -0.25) is 9.59 Å². The molecule has 1 saturated carbocycles. The molecule has 0 saturated heterocycles. The fourth-order valence-electron chi connectivity index (χ4n) is 4.32. The van der Waals surface area contributed by atoms with Crippen LogP contribution in [0.3, 0.4) is 0 Å². The van der Waals surface area contributed by atoms with Gasteiger partial charge in [-0.2, -0.15) is 0 Å². The lowest BCUT2D eigenvalue weighted by atomic mass is 9.48. The summed E-state index contributed by atoms with van der Waals surface area (Å²) in [4.78, 5) is 23.9. The van der Waals surface area contributed by atoms with E-state index in [0.717, 1.165) is 18.0 Å². The minimum Gasteiger partial charge on any atom is -0.356 e. The van der Waals surface area contributed by atoms with Crippen LogP contribution in [0, 0.1) is 24.2 Å². The normalized spacial score (nSPS) is 24.0. The molecule has 1 aromatic rings.